The summed E-state index contributed by atoms with van der Waals surface area (Å²) in [6.07, 6.45) is 15.2. The number of fused-ring (bicyclic) bond motifs is 11. The highest BCUT2D eigenvalue weighted by Crippen LogP contribution is 2.54. The van der Waals surface area contributed by atoms with Gasteiger partial charge in [-0.25, -0.2) is 0 Å². The van der Waals surface area contributed by atoms with E-state index >= 15 is 0 Å². The van der Waals surface area contributed by atoms with Crippen LogP contribution in [0.2, 0.25) is 0 Å². The van der Waals surface area contributed by atoms with Crippen molar-refractivity contribution in [1.29, 1.82) is 0 Å². The molecule has 0 radical (unpaired) electrons. The maximum atomic E-state index is 12.9. The molecule has 598 valence electrons. The van der Waals surface area contributed by atoms with Gasteiger partial charge in [-0.1, -0.05) is 163 Å². The molecule has 4 saturated heterocycles. The number of rotatable bonds is 20. The van der Waals surface area contributed by atoms with Crippen molar-refractivity contribution in [2.75, 3.05) is 61.6 Å². The largest absolute Gasteiger partial charge is 0.497 e. The summed E-state index contributed by atoms with van der Waals surface area (Å²) in [5, 5.41) is 40.1. The second-order valence-electron chi connectivity index (χ2n) is 29.4. The van der Waals surface area contributed by atoms with Crippen molar-refractivity contribution in [3.63, 3.8) is 0 Å². The molecule has 5 atom stereocenters. The third-order valence-corrected chi connectivity index (χ3v) is 27.9. The summed E-state index contributed by atoms with van der Waals surface area (Å²) >= 11 is 26.0. The fourth-order valence-electron chi connectivity index (χ4n) is 17.0. The van der Waals surface area contributed by atoms with Gasteiger partial charge < -0.3 is 44.4 Å². The summed E-state index contributed by atoms with van der Waals surface area (Å²) in [6, 6.07) is 47.9. The number of carboxylic acids is 4. The molecule has 1 aromatic heterocycles. The molecule has 6 fully saturated rings. The Morgan fingerprint density at radius 3 is 1.41 bits per heavy atom. The number of carbonyl (C=O) groups excluding carboxylic acids is 4. The van der Waals surface area contributed by atoms with Gasteiger partial charge in [-0.15, -0.1) is 0 Å². The van der Waals surface area contributed by atoms with Crippen LogP contribution in [0.3, 0.4) is 0 Å². The Bertz CT molecular complexity index is 5580. The highest BCUT2D eigenvalue weighted by molar-refractivity contribution is 8.28. The molecule has 7 aliphatic heterocycles. The Hall–Kier alpha value is -9.72. The van der Waals surface area contributed by atoms with Crippen LogP contribution in [0.4, 0.5) is 22.7 Å². The average Bonchev–Trinajstić information content (AvgIpc) is 1.64. The van der Waals surface area contributed by atoms with Gasteiger partial charge in [0.2, 0.25) is 0 Å². The van der Waals surface area contributed by atoms with E-state index in [1.165, 1.54) is 148 Å². The fourth-order valence-corrected chi connectivity index (χ4v) is 22.2. The second-order valence-corrected chi connectivity index (χ2v) is 36.1. The first-order chi connectivity index (χ1) is 55.8. The smallest absolute Gasteiger partial charge is 0.305 e. The Labute approximate surface area is 709 Å². The van der Waals surface area contributed by atoms with E-state index in [0.29, 0.717) is 66.9 Å². The van der Waals surface area contributed by atoms with Crippen LogP contribution in [0.15, 0.2) is 153 Å². The number of hydrogen-bond acceptors (Lipinski definition) is 20. The maximum Gasteiger partial charge on any atom is 0.305 e. The molecule has 17 rings (SSSR count). The van der Waals surface area contributed by atoms with Gasteiger partial charge in [0.1, 0.15) is 23.0 Å². The molecular formula is C87H84N8O13S8. The summed E-state index contributed by atoms with van der Waals surface area (Å²) in [4.78, 5) is 109. The molecule has 0 bridgehead atoms. The minimum atomic E-state index is -0.948. The number of carboxylic acid groups (broad SMARTS) is 4. The highest BCUT2D eigenvalue weighted by Gasteiger charge is 2.44. The van der Waals surface area contributed by atoms with Gasteiger partial charge in [0.15, 0.2) is 0 Å². The van der Waals surface area contributed by atoms with E-state index < -0.39 is 23.9 Å². The third-order valence-electron chi connectivity index (χ3n) is 22.4. The molecule has 29 heteroatoms. The van der Waals surface area contributed by atoms with Crippen LogP contribution in [-0.2, 0) is 51.3 Å². The van der Waals surface area contributed by atoms with Crippen molar-refractivity contribution in [3.05, 3.63) is 192 Å². The zero-order valence-electron chi connectivity index (χ0n) is 64.2. The van der Waals surface area contributed by atoms with E-state index in [9.17, 15) is 38.4 Å². The lowest BCUT2D eigenvalue weighted by molar-refractivity contribution is -0.138. The first kappa shape index (κ1) is 82.8. The van der Waals surface area contributed by atoms with Gasteiger partial charge in [-0.05, 0) is 206 Å². The Morgan fingerprint density at radius 2 is 0.905 bits per heavy atom. The molecule has 4 amide bonds. The zero-order chi connectivity index (χ0) is 82.1. The average molecular weight is 1710 g/mol. The van der Waals surface area contributed by atoms with E-state index in [0.717, 1.165) is 76.6 Å². The van der Waals surface area contributed by atoms with Crippen molar-refractivity contribution in [2.24, 2.45) is 0 Å². The Morgan fingerprint density at radius 1 is 0.474 bits per heavy atom. The van der Waals surface area contributed by atoms with Gasteiger partial charge in [0.25, 0.3) is 23.6 Å². The molecule has 0 spiro atoms. The van der Waals surface area contributed by atoms with Gasteiger partial charge in [-0.2, -0.15) is 0 Å². The highest BCUT2D eigenvalue weighted by atomic mass is 32.2. The third kappa shape index (κ3) is 17.3. The second kappa shape index (κ2) is 35.6. The predicted molar refractivity (Wildman–Crippen MR) is 481 cm³/mol. The number of carbonyl (C=O) groups is 8. The first-order valence-corrected chi connectivity index (χ1v) is 43.3. The summed E-state index contributed by atoms with van der Waals surface area (Å²) in [7, 11) is 3.86. The standard InChI is InChI=1S/C29H26N2O4S2.C21H18N2O3S2.C19H20N2O3S2.C18H20N2O3S2/c1-35-21-9-7-18-15-20(8-6-19(18)16-21)31-24-4-2-3-22(24)23-13-17(5-10-25(23)31)14-26-28(34)30(29(36)37-26)12-11-27(32)33;1-2-22-16-6-4-3-5-14(16)15-11-13(7-8-17(15)22)12-18-20(26)23(21(27)28-18)10-9-19(24)25;1-20-14-4-2-3-12(14)13-9-11(5-6-15(13)20)10-16-18(24)21(19(25)26-16)8-7-17(22)23;1-3-19-11(2)8-13-9-12(4-5-14(13)19)10-15-17(23)20(18(24)25-15)7-6-16(21)22/h5-10,13-16,22,24H,2-4,11-12H2,1H3,(H,32,33);3-8,11-12H,2,9-10H2,1H3,(H,24,25);5-6,9-10,12,14H,2-4,7-8H2,1H3,(H,22,23);4-5,9-11H,3,6-8H2,1-2H3,(H,21,22)/b26-14+;18-12+;16-10+;15-10+. The van der Waals surface area contributed by atoms with Crippen LogP contribution in [0.5, 0.6) is 5.75 Å². The summed E-state index contributed by atoms with van der Waals surface area (Å²) in [5.74, 6) is -2.71. The number of thiocarbonyl (C=S) groups is 4. The van der Waals surface area contributed by atoms with Gasteiger partial charge in [0, 0.05) is 121 Å². The molecule has 8 aromatic rings. The van der Waals surface area contributed by atoms with Crippen molar-refractivity contribution in [1.82, 2.24) is 24.2 Å². The van der Waals surface area contributed by atoms with Crippen molar-refractivity contribution in [2.45, 2.75) is 128 Å². The predicted octanol–water partition coefficient (Wildman–Crippen LogP) is 17.4. The molecule has 9 aliphatic rings. The van der Waals surface area contributed by atoms with Crippen molar-refractivity contribution < 1.29 is 63.5 Å². The molecule has 4 N–H and O–H groups in total. The molecule has 116 heavy (non-hydrogen) atoms. The normalized spacial score (nSPS) is 21.2. The van der Waals surface area contributed by atoms with Crippen LogP contribution in [0.1, 0.15) is 136 Å². The van der Waals surface area contributed by atoms with E-state index in [1.807, 2.05) is 60.7 Å². The molecule has 5 unspecified atom stereocenters. The summed E-state index contributed by atoms with van der Waals surface area (Å²) in [5.41, 5.74) is 15.2. The number of amides is 4. The van der Waals surface area contributed by atoms with Crippen LogP contribution >= 0.6 is 95.9 Å². The van der Waals surface area contributed by atoms with E-state index in [1.54, 1.807) is 7.11 Å². The number of hydrogen-bond donors (Lipinski definition) is 4. The number of thioether (sulfide) groups is 4. The van der Waals surface area contributed by atoms with Crippen LogP contribution in [0.25, 0.3) is 56.9 Å². The van der Waals surface area contributed by atoms with Crippen molar-refractivity contribution in [3.8, 4) is 5.75 Å². The zero-order valence-corrected chi connectivity index (χ0v) is 70.8. The van der Waals surface area contributed by atoms with E-state index in [2.05, 4.69) is 144 Å². The summed E-state index contributed by atoms with van der Waals surface area (Å²) < 4.78 is 9.33. The number of likely N-dealkylation sites (N-methyl/N-ethyl adjacent to an activating group) is 2. The number of anilines is 4. The molecule has 21 nitrogen and oxygen atoms in total. The maximum absolute atomic E-state index is 12.9. The Kier molecular flexibility index (Phi) is 25.4. The van der Waals surface area contributed by atoms with Crippen LogP contribution in [-0.4, -0.2) is 174 Å². The lowest BCUT2D eigenvalue weighted by Gasteiger charge is -2.27. The minimum absolute atomic E-state index is 0.0960. The number of ether oxygens (including phenoxy) is 1. The number of methoxy groups -OCH3 is 1. The first-order valence-electron chi connectivity index (χ1n) is 38.4. The van der Waals surface area contributed by atoms with Gasteiger partial charge >= 0.3 is 23.9 Å². The molecular weight excluding hydrogens is 1620 g/mol. The lowest BCUT2D eigenvalue weighted by Crippen LogP contribution is -2.30. The van der Waals surface area contributed by atoms with E-state index in [4.69, 9.17) is 74.0 Å². The van der Waals surface area contributed by atoms with Crippen LogP contribution in [0, 0.1) is 0 Å². The van der Waals surface area contributed by atoms with Crippen molar-refractivity contribution >= 4 is 240 Å². The molecule has 7 aromatic carbocycles. The van der Waals surface area contributed by atoms with Crippen LogP contribution < -0.4 is 19.4 Å². The molecule has 2 aliphatic carbocycles. The SMILES string of the molecule is CCN1c2ccc(/C=C3/SC(=S)N(CCC(=O)O)C3=O)cc2CC1C.CCn1c2ccccc2c2cc(/C=C3/SC(=S)N(CCC(=O)O)C3=O)ccc21.CN1c2ccc(/C=C3/SC(=S)N(CCC(=O)O)C3=O)cc2C2CCCC21.COc1ccc2cc(N3c4ccc(/C=C5/SC(=S)N(CCC(=O)O)C5=O)cc4C4CCCC43)ccc2c1. The Balaban J connectivity index is 0.000000129. The summed E-state index contributed by atoms with van der Waals surface area (Å²) in [6.45, 7) is 8.79. The lowest BCUT2D eigenvalue weighted by atomic mass is 9.96. The molecule has 8 heterocycles. The number of aliphatic carboxylic acids is 4. The van der Waals surface area contributed by atoms with Gasteiger partial charge in [0.05, 0.1) is 52.4 Å². The number of benzene rings is 7. The number of aromatic nitrogens is 1. The minimum Gasteiger partial charge on any atom is -0.497 e. The molecule has 2 saturated carbocycles. The quantitative estimate of drug-likeness (QED) is 0.0409. The number of para-hydroxylation sites is 1. The topological polar surface area (TPSA) is 254 Å². The fraction of sp³-hybridized carbons (Fsp3) is 0.310. The van der Waals surface area contributed by atoms with E-state index in [-0.39, 0.29) is 75.5 Å². The number of nitrogens with zero attached hydrogens (tertiary/aromatic N) is 8. The monoisotopic (exact) mass is 1700 g/mol. The number of aryl methyl sites for hydroxylation is 1. The van der Waals surface area contributed by atoms with Gasteiger partial charge in [-0.3, -0.25) is 58.0 Å².